The molecule has 5 nitrogen and oxygen atoms in total. The van der Waals surface area contributed by atoms with E-state index in [4.69, 9.17) is 14.9 Å². The standard InChI is InChI=1S/C12H22O3.C3H4O2/c1-2-12(14)15-11-9-7-5-3-4-6-8-10-13;1-2-3(4)5/h2,13H,1,3-11H2;2H,1H2,(H,4,5). The summed E-state index contributed by atoms with van der Waals surface area (Å²) < 4.78 is 4.85. The maximum absolute atomic E-state index is 10.7. The largest absolute Gasteiger partial charge is 0.478 e. The lowest BCUT2D eigenvalue weighted by Gasteiger charge is -2.02. The van der Waals surface area contributed by atoms with Crippen LogP contribution in [0.3, 0.4) is 0 Å². The summed E-state index contributed by atoms with van der Waals surface area (Å²) in [7, 11) is 0. The molecule has 0 aliphatic heterocycles. The zero-order valence-electron chi connectivity index (χ0n) is 12.1. The van der Waals surface area contributed by atoms with Gasteiger partial charge in [-0.2, -0.15) is 0 Å². The number of esters is 1. The maximum atomic E-state index is 10.7. The van der Waals surface area contributed by atoms with Crippen molar-refractivity contribution in [2.75, 3.05) is 13.2 Å². The Bertz CT molecular complexity index is 273. The van der Waals surface area contributed by atoms with Gasteiger partial charge in [-0.3, -0.25) is 0 Å². The van der Waals surface area contributed by atoms with Gasteiger partial charge >= 0.3 is 11.9 Å². The van der Waals surface area contributed by atoms with E-state index in [-0.39, 0.29) is 5.97 Å². The van der Waals surface area contributed by atoms with Crippen LogP contribution < -0.4 is 0 Å². The highest BCUT2D eigenvalue weighted by atomic mass is 16.5. The Morgan fingerprint density at radius 1 is 0.900 bits per heavy atom. The van der Waals surface area contributed by atoms with Crippen LogP contribution in [0.2, 0.25) is 0 Å². The fourth-order valence-electron chi connectivity index (χ4n) is 1.33. The summed E-state index contributed by atoms with van der Waals surface area (Å²) in [6.07, 6.45) is 9.65. The average Bonchev–Trinajstić information content (AvgIpc) is 2.45. The summed E-state index contributed by atoms with van der Waals surface area (Å²) in [6, 6.07) is 0. The third-order valence-electron chi connectivity index (χ3n) is 2.39. The second kappa shape index (κ2) is 17.4. The van der Waals surface area contributed by atoms with Gasteiger partial charge in [-0.05, 0) is 12.8 Å². The minimum Gasteiger partial charge on any atom is -0.478 e. The zero-order valence-corrected chi connectivity index (χ0v) is 12.1. The number of aliphatic hydroxyl groups is 1. The molecule has 20 heavy (non-hydrogen) atoms. The fraction of sp³-hybridized carbons (Fsp3) is 0.600. The molecule has 0 saturated carbocycles. The normalized spacial score (nSPS) is 9.05. The molecule has 0 rings (SSSR count). The molecule has 0 heterocycles. The second-order valence-corrected chi connectivity index (χ2v) is 4.11. The molecule has 0 bridgehead atoms. The average molecular weight is 286 g/mol. The number of carboxylic acids is 1. The number of rotatable bonds is 11. The first-order valence-corrected chi connectivity index (χ1v) is 6.83. The molecule has 0 aliphatic rings. The Morgan fingerprint density at radius 2 is 1.35 bits per heavy atom. The van der Waals surface area contributed by atoms with Crippen LogP contribution in [-0.2, 0) is 14.3 Å². The first kappa shape index (κ1) is 20.7. The van der Waals surface area contributed by atoms with Crippen molar-refractivity contribution >= 4 is 11.9 Å². The van der Waals surface area contributed by atoms with Crippen molar-refractivity contribution in [1.82, 2.24) is 0 Å². The Kier molecular flexibility index (Phi) is 18.0. The zero-order chi connectivity index (χ0) is 15.6. The molecule has 0 spiro atoms. The third-order valence-corrected chi connectivity index (χ3v) is 2.39. The van der Waals surface area contributed by atoms with Crippen molar-refractivity contribution in [3.05, 3.63) is 25.3 Å². The van der Waals surface area contributed by atoms with Gasteiger partial charge in [0.05, 0.1) is 6.61 Å². The van der Waals surface area contributed by atoms with E-state index in [1.807, 2.05) is 0 Å². The number of carbonyl (C=O) groups excluding carboxylic acids is 1. The van der Waals surface area contributed by atoms with E-state index in [1.165, 1.54) is 25.3 Å². The van der Waals surface area contributed by atoms with Crippen LogP contribution >= 0.6 is 0 Å². The number of carbonyl (C=O) groups is 2. The van der Waals surface area contributed by atoms with E-state index < -0.39 is 5.97 Å². The lowest BCUT2D eigenvalue weighted by Crippen LogP contribution is -2.01. The number of carboxylic acid groups (broad SMARTS) is 1. The van der Waals surface area contributed by atoms with Crippen molar-refractivity contribution in [3.8, 4) is 0 Å². The van der Waals surface area contributed by atoms with E-state index in [0.29, 0.717) is 13.2 Å². The van der Waals surface area contributed by atoms with E-state index in [1.54, 1.807) is 0 Å². The molecule has 0 aromatic carbocycles. The third kappa shape index (κ3) is 21.6. The minimum atomic E-state index is -0.981. The number of ether oxygens (including phenoxy) is 1. The monoisotopic (exact) mass is 286 g/mol. The molecule has 0 fully saturated rings. The van der Waals surface area contributed by atoms with Crippen LogP contribution in [0.1, 0.15) is 44.9 Å². The van der Waals surface area contributed by atoms with Gasteiger partial charge in [-0.25, -0.2) is 9.59 Å². The fourth-order valence-corrected chi connectivity index (χ4v) is 1.33. The lowest BCUT2D eigenvalue weighted by atomic mass is 10.1. The topological polar surface area (TPSA) is 83.8 Å². The van der Waals surface area contributed by atoms with Crippen LogP contribution in [0, 0.1) is 0 Å². The molecule has 0 atom stereocenters. The molecular formula is C15H26O5. The minimum absolute atomic E-state index is 0.303. The summed E-state index contributed by atoms with van der Waals surface area (Å²) >= 11 is 0. The van der Waals surface area contributed by atoms with Gasteiger partial charge in [0.1, 0.15) is 0 Å². The van der Waals surface area contributed by atoms with Gasteiger partial charge in [0.2, 0.25) is 0 Å². The first-order valence-electron chi connectivity index (χ1n) is 6.83. The first-order chi connectivity index (χ1) is 9.58. The van der Waals surface area contributed by atoms with Gasteiger partial charge < -0.3 is 14.9 Å². The summed E-state index contributed by atoms with van der Waals surface area (Å²) in [5.74, 6) is -1.32. The highest BCUT2D eigenvalue weighted by Gasteiger charge is 1.95. The van der Waals surface area contributed by atoms with Crippen LogP contribution in [-0.4, -0.2) is 35.4 Å². The number of aliphatic hydroxyl groups excluding tert-OH is 1. The number of hydrogen-bond acceptors (Lipinski definition) is 4. The van der Waals surface area contributed by atoms with Gasteiger partial charge in [-0.1, -0.05) is 45.3 Å². The van der Waals surface area contributed by atoms with Crippen LogP contribution in [0.25, 0.3) is 0 Å². The Hall–Kier alpha value is -1.62. The molecule has 0 aromatic rings. The molecule has 2 N–H and O–H groups in total. The maximum Gasteiger partial charge on any atom is 0.330 e. The van der Waals surface area contributed by atoms with Gasteiger partial charge in [0, 0.05) is 18.8 Å². The second-order valence-electron chi connectivity index (χ2n) is 4.11. The summed E-state index contributed by atoms with van der Waals surface area (Å²) in [4.78, 5) is 19.9. The van der Waals surface area contributed by atoms with E-state index in [0.717, 1.165) is 31.8 Å². The molecule has 0 unspecified atom stereocenters. The van der Waals surface area contributed by atoms with Crippen LogP contribution in [0.4, 0.5) is 0 Å². The molecule has 5 heteroatoms. The smallest absolute Gasteiger partial charge is 0.330 e. The molecule has 116 valence electrons. The quantitative estimate of drug-likeness (QED) is 0.346. The van der Waals surface area contributed by atoms with Crippen molar-refractivity contribution < 1.29 is 24.5 Å². The van der Waals surface area contributed by atoms with E-state index in [9.17, 15) is 9.59 Å². The van der Waals surface area contributed by atoms with E-state index in [2.05, 4.69) is 13.2 Å². The van der Waals surface area contributed by atoms with Gasteiger partial charge in [-0.15, -0.1) is 0 Å². The van der Waals surface area contributed by atoms with Gasteiger partial charge in [0.25, 0.3) is 0 Å². The molecule has 0 amide bonds. The molecule has 0 aliphatic carbocycles. The molecule has 0 saturated heterocycles. The lowest BCUT2D eigenvalue weighted by molar-refractivity contribution is -0.138. The number of unbranched alkanes of at least 4 members (excludes halogenated alkanes) is 6. The number of hydrogen-bond donors (Lipinski definition) is 2. The Morgan fingerprint density at radius 3 is 1.75 bits per heavy atom. The highest BCUT2D eigenvalue weighted by Crippen LogP contribution is 2.06. The Labute approximate surface area is 121 Å². The summed E-state index contributed by atoms with van der Waals surface area (Å²) in [6.45, 7) is 7.09. The predicted molar refractivity (Wildman–Crippen MR) is 78.4 cm³/mol. The highest BCUT2D eigenvalue weighted by molar-refractivity contribution is 5.81. The molecular weight excluding hydrogens is 260 g/mol. The SMILES string of the molecule is C=CC(=O)O.C=CC(=O)OCCCCCCCCCO. The molecule has 0 aromatic heterocycles. The Balaban J connectivity index is 0. The van der Waals surface area contributed by atoms with Gasteiger partial charge in [0.15, 0.2) is 0 Å². The van der Waals surface area contributed by atoms with Crippen molar-refractivity contribution in [2.45, 2.75) is 44.9 Å². The van der Waals surface area contributed by atoms with E-state index >= 15 is 0 Å². The van der Waals surface area contributed by atoms with Crippen molar-refractivity contribution in [1.29, 1.82) is 0 Å². The number of aliphatic carboxylic acids is 1. The van der Waals surface area contributed by atoms with Crippen molar-refractivity contribution in [2.24, 2.45) is 0 Å². The van der Waals surface area contributed by atoms with Crippen molar-refractivity contribution in [3.63, 3.8) is 0 Å². The summed E-state index contributed by atoms with van der Waals surface area (Å²) in [5.41, 5.74) is 0. The summed E-state index contributed by atoms with van der Waals surface area (Å²) in [5, 5.41) is 16.2. The molecule has 0 radical (unpaired) electrons. The van der Waals surface area contributed by atoms with Crippen LogP contribution in [0.15, 0.2) is 25.3 Å². The predicted octanol–water partition coefficient (Wildman–Crippen LogP) is 2.70. The van der Waals surface area contributed by atoms with Crippen LogP contribution in [0.5, 0.6) is 0 Å².